The van der Waals surface area contributed by atoms with Gasteiger partial charge < -0.3 is 20.3 Å². The largest absolute Gasteiger partial charge is 0.373 e. The second-order valence-electron chi connectivity index (χ2n) is 6.91. The second kappa shape index (κ2) is 6.98. The molecule has 8 nitrogen and oxygen atoms in total. The van der Waals surface area contributed by atoms with Crippen LogP contribution in [0.25, 0.3) is 22.5 Å². The van der Waals surface area contributed by atoms with Gasteiger partial charge in [-0.15, -0.1) is 0 Å². The van der Waals surface area contributed by atoms with Crippen molar-refractivity contribution in [2.45, 2.75) is 12.0 Å². The molecule has 1 aromatic carbocycles. The summed E-state index contributed by atoms with van der Waals surface area (Å²) < 4.78 is 5.29. The fourth-order valence-corrected chi connectivity index (χ4v) is 3.50. The van der Waals surface area contributed by atoms with Gasteiger partial charge in [0.2, 0.25) is 5.60 Å². The summed E-state index contributed by atoms with van der Waals surface area (Å²) in [6, 6.07) is 11.8. The number of carbonyl (C=O) groups is 2. The van der Waals surface area contributed by atoms with Crippen LogP contribution in [0.5, 0.6) is 0 Å². The molecule has 1 aliphatic rings. The van der Waals surface area contributed by atoms with Crippen molar-refractivity contribution in [3.8, 4) is 22.5 Å². The highest BCUT2D eigenvalue weighted by Gasteiger charge is 2.48. The number of aromatic nitrogens is 2. The van der Waals surface area contributed by atoms with Gasteiger partial charge in [0.1, 0.15) is 11.4 Å². The van der Waals surface area contributed by atoms with Gasteiger partial charge >= 0.3 is 0 Å². The van der Waals surface area contributed by atoms with Crippen molar-refractivity contribution in [3.63, 3.8) is 0 Å². The molecular weight excluding hydrogens is 396 g/mol. The van der Waals surface area contributed by atoms with E-state index in [0.29, 0.717) is 34.1 Å². The molecule has 1 unspecified atom stereocenters. The Bertz CT molecular complexity index is 1130. The first-order chi connectivity index (χ1) is 13.8. The van der Waals surface area contributed by atoms with Gasteiger partial charge in [0.25, 0.3) is 11.8 Å². The van der Waals surface area contributed by atoms with E-state index in [1.807, 2.05) is 0 Å². The molecule has 1 aliphatic heterocycles. The molecule has 0 spiro atoms. The molecule has 0 radical (unpaired) electrons. The lowest BCUT2D eigenvalue weighted by Crippen LogP contribution is -2.35. The van der Waals surface area contributed by atoms with E-state index in [0.717, 1.165) is 0 Å². The van der Waals surface area contributed by atoms with E-state index in [1.165, 1.54) is 11.0 Å². The van der Waals surface area contributed by atoms with Crippen LogP contribution in [0.1, 0.15) is 22.7 Å². The molecule has 4 rings (SSSR count). The summed E-state index contributed by atoms with van der Waals surface area (Å²) in [5.74, 6) is -0.995. The number of primary amides is 1. The van der Waals surface area contributed by atoms with Gasteiger partial charge in [0.05, 0.1) is 5.69 Å². The Morgan fingerprint density at radius 2 is 1.97 bits per heavy atom. The van der Waals surface area contributed by atoms with Crippen LogP contribution in [-0.2, 0) is 10.4 Å². The van der Waals surface area contributed by atoms with Crippen LogP contribution < -0.4 is 5.73 Å². The van der Waals surface area contributed by atoms with E-state index in [2.05, 4.69) is 10.1 Å². The summed E-state index contributed by atoms with van der Waals surface area (Å²) in [5, 5.41) is 15.1. The molecule has 148 valence electrons. The number of likely N-dealkylation sites (tertiary alicyclic amines) is 1. The third-order valence-corrected chi connectivity index (χ3v) is 5.14. The lowest BCUT2D eigenvalue weighted by molar-refractivity contribution is -0.144. The van der Waals surface area contributed by atoms with Crippen molar-refractivity contribution in [2.24, 2.45) is 5.73 Å². The molecule has 29 heavy (non-hydrogen) atoms. The summed E-state index contributed by atoms with van der Waals surface area (Å²) in [6.45, 7) is 0.434. The van der Waals surface area contributed by atoms with Crippen LogP contribution in [0.15, 0.2) is 47.0 Å². The van der Waals surface area contributed by atoms with Crippen LogP contribution in [0.3, 0.4) is 0 Å². The first kappa shape index (κ1) is 19.1. The number of nitrogens with two attached hydrogens (primary N) is 1. The minimum atomic E-state index is -1.71. The van der Waals surface area contributed by atoms with Crippen LogP contribution in [0.4, 0.5) is 0 Å². The maximum Gasteiger partial charge on any atom is 0.267 e. The fourth-order valence-electron chi connectivity index (χ4n) is 3.30. The van der Waals surface area contributed by atoms with E-state index < -0.39 is 17.4 Å². The highest BCUT2D eigenvalue weighted by molar-refractivity contribution is 6.31. The van der Waals surface area contributed by atoms with Crippen molar-refractivity contribution in [1.82, 2.24) is 15.0 Å². The van der Waals surface area contributed by atoms with E-state index >= 15 is 0 Å². The molecule has 0 saturated carbocycles. The Hall–Kier alpha value is -3.23. The van der Waals surface area contributed by atoms with Crippen molar-refractivity contribution < 1.29 is 19.2 Å². The van der Waals surface area contributed by atoms with Gasteiger partial charge in [0, 0.05) is 42.2 Å². The Morgan fingerprint density at radius 1 is 1.24 bits per heavy atom. The van der Waals surface area contributed by atoms with E-state index in [9.17, 15) is 14.7 Å². The maximum atomic E-state index is 12.3. The average Bonchev–Trinajstić information content (AvgIpc) is 3.30. The van der Waals surface area contributed by atoms with Crippen LogP contribution >= 0.6 is 11.6 Å². The maximum absolute atomic E-state index is 12.3. The molecule has 1 fully saturated rings. The van der Waals surface area contributed by atoms with Crippen molar-refractivity contribution >= 4 is 23.4 Å². The molecule has 9 heteroatoms. The number of benzene rings is 1. The Labute approximate surface area is 170 Å². The number of hydrogen-bond donors (Lipinski definition) is 2. The Morgan fingerprint density at radius 3 is 2.62 bits per heavy atom. The zero-order valence-corrected chi connectivity index (χ0v) is 16.2. The summed E-state index contributed by atoms with van der Waals surface area (Å²) in [5.41, 5.74) is 5.96. The number of halogens is 1. The summed E-state index contributed by atoms with van der Waals surface area (Å²) in [7, 11) is 1.62. The molecule has 3 N–H and O–H groups in total. The highest BCUT2D eigenvalue weighted by atomic mass is 35.5. The molecule has 1 atom stereocenters. The average molecular weight is 413 g/mol. The quantitative estimate of drug-likeness (QED) is 0.677. The molecule has 0 aliphatic carbocycles. The number of carbonyl (C=O) groups excluding carboxylic acids is 2. The van der Waals surface area contributed by atoms with Gasteiger partial charge in [-0.25, -0.2) is 4.98 Å². The topological polar surface area (TPSA) is 123 Å². The molecule has 3 aromatic rings. The second-order valence-corrected chi connectivity index (χ2v) is 7.35. The number of rotatable bonds is 4. The molecule has 2 amide bonds. The predicted molar refractivity (Wildman–Crippen MR) is 105 cm³/mol. The third kappa shape index (κ3) is 3.37. The molecule has 3 heterocycles. The minimum absolute atomic E-state index is 0.0627. The summed E-state index contributed by atoms with van der Waals surface area (Å²) in [6.07, 6.45) is 0.235. The number of amides is 2. The van der Waals surface area contributed by atoms with Crippen molar-refractivity contribution in [1.29, 1.82) is 0 Å². The zero-order valence-electron chi connectivity index (χ0n) is 15.4. The normalized spacial score (nSPS) is 19.0. The number of hydrogen-bond acceptors (Lipinski definition) is 6. The predicted octanol–water partition coefficient (Wildman–Crippen LogP) is 2.21. The van der Waals surface area contributed by atoms with E-state index in [-0.39, 0.29) is 17.9 Å². The smallest absolute Gasteiger partial charge is 0.267 e. The van der Waals surface area contributed by atoms with Crippen molar-refractivity contribution in [2.75, 3.05) is 13.6 Å². The lowest BCUT2D eigenvalue weighted by Gasteiger charge is -2.16. The Balaban J connectivity index is 1.70. The van der Waals surface area contributed by atoms with Crippen LogP contribution in [0, 0.1) is 0 Å². The molecule has 0 bridgehead atoms. The number of pyridine rings is 1. The lowest BCUT2D eigenvalue weighted by atomic mass is 9.97. The van der Waals surface area contributed by atoms with E-state index in [1.54, 1.807) is 43.4 Å². The highest BCUT2D eigenvalue weighted by Crippen LogP contribution is 2.35. The SMILES string of the molecule is CN1CCC(O)(c2cc(-c3cccc(-c4cc(Cl)cc(C(N)=O)n4)c3)no2)C1=O. The molecular formula is C20H17ClN4O4. The van der Waals surface area contributed by atoms with Gasteiger partial charge in [0.15, 0.2) is 5.76 Å². The first-order valence-corrected chi connectivity index (χ1v) is 9.19. The van der Waals surface area contributed by atoms with Gasteiger partial charge in [-0.1, -0.05) is 35.0 Å². The van der Waals surface area contributed by atoms with E-state index in [4.69, 9.17) is 21.9 Å². The molecule has 1 saturated heterocycles. The monoisotopic (exact) mass is 412 g/mol. The number of nitrogens with zero attached hydrogens (tertiary/aromatic N) is 3. The number of aliphatic hydroxyl groups is 1. The Kier molecular flexibility index (Phi) is 4.60. The standard InChI is InChI=1S/C20H17ClN4O4/c1-25-6-5-20(28,19(25)27)17-10-15(24-29-17)12-4-2-3-11(7-12)14-8-13(21)9-16(23-14)18(22)26/h2-4,7-10,28H,5-6H2,1H3,(H2,22,26). The summed E-state index contributed by atoms with van der Waals surface area (Å²) >= 11 is 6.08. The fraction of sp³-hybridized carbons (Fsp3) is 0.200. The minimum Gasteiger partial charge on any atom is -0.373 e. The van der Waals surface area contributed by atoms with Crippen LogP contribution in [0.2, 0.25) is 5.02 Å². The molecule has 2 aromatic heterocycles. The van der Waals surface area contributed by atoms with Gasteiger partial charge in [-0.3, -0.25) is 9.59 Å². The third-order valence-electron chi connectivity index (χ3n) is 4.92. The van der Waals surface area contributed by atoms with Crippen LogP contribution in [-0.4, -0.2) is 45.6 Å². The van der Waals surface area contributed by atoms with Gasteiger partial charge in [-0.05, 0) is 18.2 Å². The first-order valence-electron chi connectivity index (χ1n) is 8.81. The summed E-state index contributed by atoms with van der Waals surface area (Å²) in [4.78, 5) is 29.4. The van der Waals surface area contributed by atoms with Gasteiger partial charge in [-0.2, -0.15) is 0 Å². The zero-order chi connectivity index (χ0) is 20.8. The van der Waals surface area contributed by atoms with Crippen molar-refractivity contribution in [3.05, 3.63) is 58.9 Å². The number of likely N-dealkylation sites (N-methyl/N-ethyl adjacent to an activating group) is 1.